The Morgan fingerprint density at radius 3 is 2.70 bits per heavy atom. The molecule has 0 saturated carbocycles. The Balaban J connectivity index is 2.16. The van der Waals surface area contributed by atoms with E-state index in [-0.39, 0.29) is 12.7 Å². The van der Waals surface area contributed by atoms with Gasteiger partial charge in [0.05, 0.1) is 10.2 Å². The fourth-order valence-corrected chi connectivity index (χ4v) is 3.63. The third-order valence-electron chi connectivity index (χ3n) is 3.53. The maximum Gasteiger partial charge on any atom is 0.253 e. The van der Waals surface area contributed by atoms with Crippen molar-refractivity contribution in [3.63, 3.8) is 0 Å². The van der Waals surface area contributed by atoms with Gasteiger partial charge in [0.25, 0.3) is 5.91 Å². The van der Waals surface area contributed by atoms with E-state index in [1.165, 1.54) is 11.3 Å². The second-order valence-electron chi connectivity index (χ2n) is 6.37. The lowest BCUT2D eigenvalue weighted by Crippen LogP contribution is -2.24. The minimum absolute atomic E-state index is 0.109. The van der Waals surface area contributed by atoms with E-state index < -0.39 is 5.41 Å². The van der Waals surface area contributed by atoms with Gasteiger partial charge >= 0.3 is 0 Å². The summed E-state index contributed by atoms with van der Waals surface area (Å²) in [5, 5.41) is 0. The number of fused-ring (bicyclic) bond motifs is 2. The topological polar surface area (TPSA) is 52.8 Å². The number of aryl methyl sites for hydroxylation is 1. The van der Waals surface area contributed by atoms with Gasteiger partial charge in [0.1, 0.15) is 0 Å². The Bertz CT molecular complexity index is 815. The lowest BCUT2D eigenvalue weighted by molar-refractivity contribution is -0.125. The number of rotatable bonds is 3. The van der Waals surface area contributed by atoms with Crippen LogP contribution in [0.15, 0.2) is 17.1 Å². The summed E-state index contributed by atoms with van der Waals surface area (Å²) in [5.74, 6) is 2.35. The minimum Gasteiger partial charge on any atom is -0.454 e. The summed E-state index contributed by atoms with van der Waals surface area (Å²) in [5.41, 5.74) is 0.551. The van der Waals surface area contributed by atoms with E-state index in [0.29, 0.717) is 0 Å². The summed E-state index contributed by atoms with van der Waals surface area (Å²) in [6.45, 7) is 6.71. The van der Waals surface area contributed by atoms with Crippen molar-refractivity contribution in [1.29, 1.82) is 0 Å². The molecule has 0 bridgehead atoms. The van der Waals surface area contributed by atoms with Crippen LogP contribution in [0.1, 0.15) is 20.8 Å². The average molecular weight is 352 g/mol. The first-order valence-electron chi connectivity index (χ1n) is 7.41. The molecule has 1 aromatic carbocycles. The highest BCUT2D eigenvalue weighted by atomic mass is 32.2. The smallest absolute Gasteiger partial charge is 0.253 e. The molecule has 3 rings (SSSR count). The molecule has 0 N–H and O–H groups in total. The maximum absolute atomic E-state index is 12.3. The highest BCUT2D eigenvalue weighted by molar-refractivity contribution is 7.98. The molecule has 0 spiro atoms. The molecule has 2 aromatic rings. The minimum atomic E-state index is -0.485. The number of carbonyl (C=O) groups excluding carboxylic acids is 1. The SMILES string of the molecule is CSCCn1c(=NC(=O)C(C)(C)C)sc2cc3c(cc21)OCO3. The van der Waals surface area contributed by atoms with Gasteiger partial charge < -0.3 is 14.0 Å². The van der Waals surface area contributed by atoms with E-state index in [0.717, 1.165) is 38.8 Å². The van der Waals surface area contributed by atoms with Crippen molar-refractivity contribution in [2.45, 2.75) is 27.3 Å². The quantitative estimate of drug-likeness (QED) is 0.851. The van der Waals surface area contributed by atoms with Gasteiger partial charge in [0, 0.05) is 29.8 Å². The molecule has 2 heterocycles. The highest BCUT2D eigenvalue weighted by Crippen LogP contribution is 2.37. The second-order valence-corrected chi connectivity index (χ2v) is 8.36. The number of thioether (sulfide) groups is 1. The normalized spacial score (nSPS) is 14.7. The van der Waals surface area contributed by atoms with Crippen molar-refractivity contribution in [2.24, 2.45) is 10.4 Å². The molecule has 1 aliphatic rings. The van der Waals surface area contributed by atoms with Crippen LogP contribution < -0.4 is 14.3 Å². The van der Waals surface area contributed by atoms with Gasteiger partial charge in [-0.05, 0) is 6.26 Å². The number of thiazole rings is 1. The zero-order chi connectivity index (χ0) is 16.6. The van der Waals surface area contributed by atoms with E-state index in [4.69, 9.17) is 9.47 Å². The Morgan fingerprint density at radius 2 is 2.04 bits per heavy atom. The molecule has 0 saturated heterocycles. The summed E-state index contributed by atoms with van der Waals surface area (Å²) < 4.78 is 14.1. The monoisotopic (exact) mass is 352 g/mol. The van der Waals surface area contributed by atoms with Crippen LogP contribution in [0.4, 0.5) is 0 Å². The predicted octanol–water partition coefficient (Wildman–Crippen LogP) is 3.27. The predicted molar refractivity (Wildman–Crippen MR) is 94.3 cm³/mol. The van der Waals surface area contributed by atoms with Crippen LogP contribution in [0.3, 0.4) is 0 Å². The Morgan fingerprint density at radius 1 is 1.35 bits per heavy atom. The fourth-order valence-electron chi connectivity index (χ4n) is 2.20. The Kier molecular flexibility index (Phi) is 4.42. The van der Waals surface area contributed by atoms with Crippen molar-refractivity contribution in [3.8, 4) is 11.5 Å². The standard InChI is InChI=1S/C16H20N2O3S2/c1-16(2,3)14(19)17-15-18(5-6-22-4)10-7-11-12(21-9-20-11)8-13(10)23-15/h7-8H,5-6,9H2,1-4H3. The molecule has 0 radical (unpaired) electrons. The van der Waals surface area contributed by atoms with Crippen LogP contribution in [0.25, 0.3) is 10.2 Å². The largest absolute Gasteiger partial charge is 0.454 e. The first-order chi connectivity index (χ1) is 10.9. The highest BCUT2D eigenvalue weighted by Gasteiger charge is 2.22. The molecule has 0 atom stereocenters. The van der Waals surface area contributed by atoms with E-state index in [9.17, 15) is 4.79 Å². The van der Waals surface area contributed by atoms with Gasteiger partial charge in [0.15, 0.2) is 16.3 Å². The van der Waals surface area contributed by atoms with Gasteiger partial charge in [-0.2, -0.15) is 16.8 Å². The van der Waals surface area contributed by atoms with Gasteiger partial charge in [-0.15, -0.1) is 0 Å². The van der Waals surface area contributed by atoms with Crippen LogP contribution in [0, 0.1) is 5.41 Å². The van der Waals surface area contributed by atoms with Gasteiger partial charge in [0.2, 0.25) is 6.79 Å². The summed E-state index contributed by atoms with van der Waals surface area (Å²) in [6.07, 6.45) is 2.07. The molecule has 0 unspecified atom stereocenters. The zero-order valence-electron chi connectivity index (χ0n) is 13.7. The molecule has 1 aliphatic heterocycles. The third kappa shape index (κ3) is 3.26. The van der Waals surface area contributed by atoms with Crippen molar-refractivity contribution in [1.82, 2.24) is 4.57 Å². The number of carbonyl (C=O) groups is 1. The molecular formula is C16H20N2O3S2. The van der Waals surface area contributed by atoms with Gasteiger partial charge in [-0.25, -0.2) is 0 Å². The molecule has 0 aliphatic carbocycles. The third-order valence-corrected chi connectivity index (χ3v) is 5.17. The fraction of sp³-hybridized carbons (Fsp3) is 0.500. The van der Waals surface area contributed by atoms with Crippen LogP contribution in [0.2, 0.25) is 0 Å². The van der Waals surface area contributed by atoms with Crippen molar-refractivity contribution >= 4 is 39.2 Å². The van der Waals surface area contributed by atoms with Crippen LogP contribution in [0.5, 0.6) is 11.5 Å². The average Bonchev–Trinajstić information content (AvgIpc) is 3.05. The van der Waals surface area contributed by atoms with Crippen LogP contribution in [-0.2, 0) is 11.3 Å². The molecule has 1 amide bonds. The van der Waals surface area contributed by atoms with Crippen LogP contribution >= 0.6 is 23.1 Å². The van der Waals surface area contributed by atoms with E-state index in [2.05, 4.69) is 15.8 Å². The van der Waals surface area contributed by atoms with Crippen molar-refractivity contribution < 1.29 is 14.3 Å². The van der Waals surface area contributed by atoms with Crippen LogP contribution in [-0.4, -0.2) is 29.3 Å². The Labute approximate surface area is 143 Å². The maximum atomic E-state index is 12.3. The van der Waals surface area contributed by atoms with E-state index in [1.807, 2.05) is 32.9 Å². The van der Waals surface area contributed by atoms with Crippen molar-refractivity contribution in [2.75, 3.05) is 18.8 Å². The molecule has 23 heavy (non-hydrogen) atoms. The molecule has 1 aromatic heterocycles. The van der Waals surface area contributed by atoms with Crippen molar-refractivity contribution in [3.05, 3.63) is 16.9 Å². The number of benzene rings is 1. The summed E-state index contributed by atoms with van der Waals surface area (Å²) in [4.78, 5) is 17.4. The number of amides is 1. The van der Waals surface area contributed by atoms with Gasteiger partial charge in [-0.1, -0.05) is 32.1 Å². The second kappa shape index (κ2) is 6.20. The molecule has 0 fully saturated rings. The van der Waals surface area contributed by atoms with E-state index >= 15 is 0 Å². The lowest BCUT2D eigenvalue weighted by Gasteiger charge is -2.12. The van der Waals surface area contributed by atoms with Gasteiger partial charge in [-0.3, -0.25) is 4.79 Å². The zero-order valence-corrected chi connectivity index (χ0v) is 15.3. The first kappa shape index (κ1) is 16.4. The molecule has 124 valence electrons. The summed E-state index contributed by atoms with van der Waals surface area (Å²) in [6, 6.07) is 3.95. The number of hydrogen-bond donors (Lipinski definition) is 0. The molecular weight excluding hydrogens is 332 g/mol. The molecule has 5 nitrogen and oxygen atoms in total. The number of ether oxygens (including phenoxy) is 2. The lowest BCUT2D eigenvalue weighted by atomic mass is 9.96. The summed E-state index contributed by atoms with van der Waals surface area (Å²) >= 11 is 3.28. The van der Waals surface area contributed by atoms with E-state index in [1.54, 1.807) is 11.8 Å². The number of hydrogen-bond acceptors (Lipinski definition) is 5. The Hall–Kier alpha value is -1.47. The molecule has 7 heteroatoms. The number of nitrogens with zero attached hydrogens (tertiary/aromatic N) is 2. The number of aromatic nitrogens is 1. The summed E-state index contributed by atoms with van der Waals surface area (Å²) in [7, 11) is 0. The first-order valence-corrected chi connectivity index (χ1v) is 9.62.